The van der Waals surface area contributed by atoms with Crippen LogP contribution >= 0.6 is 0 Å². The number of hydrogen-bond donors (Lipinski definition) is 3. The number of carbonyl (C=O) groups is 1. The van der Waals surface area contributed by atoms with Crippen LogP contribution in [-0.4, -0.2) is 74.1 Å². The summed E-state index contributed by atoms with van der Waals surface area (Å²) >= 11 is 0. The molecule has 0 rings (SSSR count). The van der Waals surface area contributed by atoms with Crippen molar-refractivity contribution in [3.63, 3.8) is 0 Å². The summed E-state index contributed by atoms with van der Waals surface area (Å²) in [4.78, 5) is 9.60. The number of aliphatic hydroxyl groups is 2. The highest BCUT2D eigenvalue weighted by Crippen LogP contribution is 1.82. The maximum absolute atomic E-state index is 9.60. The summed E-state index contributed by atoms with van der Waals surface area (Å²) in [6.07, 6.45) is 1.02. The lowest BCUT2D eigenvalue weighted by Gasteiger charge is -2.04. The summed E-state index contributed by atoms with van der Waals surface area (Å²) in [6, 6.07) is 0. The molecule has 7 nitrogen and oxygen atoms in total. The molecule has 116 valence electrons. The topological polar surface area (TPSA) is 105 Å². The van der Waals surface area contributed by atoms with Gasteiger partial charge in [0.1, 0.15) is 0 Å². The molecule has 0 aromatic carbocycles. The van der Waals surface area contributed by atoms with E-state index < -0.39 is 5.97 Å². The fraction of sp³-hybridized carbons (Fsp3) is 0.917. The van der Waals surface area contributed by atoms with Crippen LogP contribution in [0.3, 0.4) is 0 Å². The van der Waals surface area contributed by atoms with Gasteiger partial charge in [-0.1, -0.05) is 6.92 Å². The van der Waals surface area contributed by atoms with Crippen LogP contribution in [0.2, 0.25) is 0 Å². The van der Waals surface area contributed by atoms with Gasteiger partial charge in [0.15, 0.2) is 0 Å². The van der Waals surface area contributed by atoms with Gasteiger partial charge in [-0.25, -0.2) is 0 Å². The standard InChI is InChI=1S/C8H18O5.C4H8O2/c9-1-3-11-5-7-13-8-6-12-4-2-10;1-2-3-4(5)6/h9-10H,1-8H2;2-3H2,1H3,(H,5,6). The molecule has 19 heavy (non-hydrogen) atoms. The van der Waals surface area contributed by atoms with Gasteiger partial charge in [-0.3, -0.25) is 4.79 Å². The van der Waals surface area contributed by atoms with Crippen LogP contribution in [0, 0.1) is 0 Å². The summed E-state index contributed by atoms with van der Waals surface area (Å²) in [5, 5.41) is 24.6. The van der Waals surface area contributed by atoms with Gasteiger partial charge in [-0.15, -0.1) is 0 Å². The summed E-state index contributed by atoms with van der Waals surface area (Å²) in [5.41, 5.74) is 0. The van der Waals surface area contributed by atoms with Crippen LogP contribution in [0.1, 0.15) is 19.8 Å². The monoisotopic (exact) mass is 282 g/mol. The molecule has 0 aromatic heterocycles. The van der Waals surface area contributed by atoms with Crippen LogP contribution in [-0.2, 0) is 19.0 Å². The maximum Gasteiger partial charge on any atom is 0.303 e. The lowest BCUT2D eigenvalue weighted by Crippen LogP contribution is -2.11. The highest BCUT2D eigenvalue weighted by molar-refractivity contribution is 5.66. The molecule has 0 unspecified atom stereocenters. The average Bonchev–Trinajstić information content (AvgIpc) is 2.37. The first-order valence-electron chi connectivity index (χ1n) is 6.35. The van der Waals surface area contributed by atoms with Gasteiger partial charge in [0.05, 0.1) is 52.9 Å². The second-order valence-electron chi connectivity index (χ2n) is 3.43. The van der Waals surface area contributed by atoms with Gasteiger partial charge in [0.2, 0.25) is 0 Å². The first kappa shape index (κ1) is 20.6. The number of rotatable bonds is 12. The molecule has 0 saturated heterocycles. The molecule has 0 aliphatic carbocycles. The van der Waals surface area contributed by atoms with Crippen molar-refractivity contribution in [2.75, 3.05) is 52.9 Å². The fourth-order valence-electron chi connectivity index (χ4n) is 0.885. The second kappa shape index (κ2) is 19.6. The van der Waals surface area contributed by atoms with Crippen molar-refractivity contribution >= 4 is 5.97 Å². The van der Waals surface area contributed by atoms with E-state index in [9.17, 15) is 4.79 Å². The zero-order valence-corrected chi connectivity index (χ0v) is 11.5. The van der Waals surface area contributed by atoms with Gasteiger partial charge in [-0.2, -0.15) is 0 Å². The van der Waals surface area contributed by atoms with Crippen molar-refractivity contribution in [3.8, 4) is 0 Å². The highest BCUT2D eigenvalue weighted by Gasteiger charge is 1.90. The summed E-state index contributed by atoms with van der Waals surface area (Å²) in [6.45, 7) is 4.61. The normalized spacial score (nSPS) is 9.84. The molecule has 0 saturated carbocycles. The molecule has 0 radical (unpaired) electrons. The van der Waals surface area contributed by atoms with Crippen LogP contribution < -0.4 is 0 Å². The minimum Gasteiger partial charge on any atom is -0.481 e. The van der Waals surface area contributed by atoms with E-state index in [4.69, 9.17) is 29.5 Å². The molecule has 0 aromatic rings. The van der Waals surface area contributed by atoms with Gasteiger partial charge < -0.3 is 29.5 Å². The summed E-state index contributed by atoms with van der Waals surface area (Å²) < 4.78 is 15.0. The Balaban J connectivity index is 0. The van der Waals surface area contributed by atoms with E-state index in [1.54, 1.807) is 0 Å². The molecular formula is C12H26O7. The maximum atomic E-state index is 9.60. The Morgan fingerprint density at radius 3 is 1.42 bits per heavy atom. The number of carboxylic acid groups (broad SMARTS) is 1. The SMILES string of the molecule is CCCC(=O)O.OCCOCCOCCOCCO. The zero-order chi connectivity index (χ0) is 14.8. The number of aliphatic hydroxyl groups excluding tert-OH is 2. The van der Waals surface area contributed by atoms with Crippen LogP contribution in [0.25, 0.3) is 0 Å². The second-order valence-corrected chi connectivity index (χ2v) is 3.43. The third kappa shape index (κ3) is 26.7. The predicted octanol–water partition coefficient (Wildman–Crippen LogP) is -0.108. The van der Waals surface area contributed by atoms with E-state index in [0.29, 0.717) is 46.1 Å². The number of carboxylic acids is 1. The van der Waals surface area contributed by atoms with Crippen LogP contribution in [0.5, 0.6) is 0 Å². The molecule has 0 atom stereocenters. The quantitative estimate of drug-likeness (QED) is 0.429. The number of aliphatic carboxylic acids is 1. The van der Waals surface area contributed by atoms with Crippen molar-refractivity contribution < 1.29 is 34.3 Å². The summed E-state index contributed by atoms with van der Waals surface area (Å²) in [7, 11) is 0. The lowest BCUT2D eigenvalue weighted by atomic mass is 10.4. The highest BCUT2D eigenvalue weighted by atomic mass is 16.5. The Bertz CT molecular complexity index is 165. The molecule has 7 heteroatoms. The van der Waals surface area contributed by atoms with Crippen molar-refractivity contribution in [2.24, 2.45) is 0 Å². The van der Waals surface area contributed by atoms with Gasteiger partial charge >= 0.3 is 5.97 Å². The Labute approximate surface area is 114 Å². The third-order valence-electron chi connectivity index (χ3n) is 1.68. The molecular weight excluding hydrogens is 256 g/mol. The number of ether oxygens (including phenoxy) is 3. The van der Waals surface area contributed by atoms with E-state index in [1.165, 1.54) is 0 Å². The number of hydrogen-bond acceptors (Lipinski definition) is 6. The van der Waals surface area contributed by atoms with E-state index in [1.807, 2.05) is 6.92 Å². The molecule has 0 heterocycles. The van der Waals surface area contributed by atoms with Gasteiger partial charge in [0, 0.05) is 6.42 Å². The summed E-state index contributed by atoms with van der Waals surface area (Å²) in [5.74, 6) is -0.711. The molecule has 0 fully saturated rings. The first-order chi connectivity index (χ1) is 9.18. The van der Waals surface area contributed by atoms with Crippen molar-refractivity contribution in [3.05, 3.63) is 0 Å². The lowest BCUT2D eigenvalue weighted by molar-refractivity contribution is -0.137. The largest absolute Gasteiger partial charge is 0.481 e. The third-order valence-corrected chi connectivity index (χ3v) is 1.68. The Hall–Kier alpha value is -0.730. The van der Waals surface area contributed by atoms with E-state index in [-0.39, 0.29) is 13.2 Å². The Morgan fingerprint density at radius 1 is 0.842 bits per heavy atom. The van der Waals surface area contributed by atoms with Crippen molar-refractivity contribution in [1.29, 1.82) is 0 Å². The van der Waals surface area contributed by atoms with E-state index >= 15 is 0 Å². The molecule has 3 N–H and O–H groups in total. The molecule has 0 spiro atoms. The molecule has 0 aliphatic heterocycles. The van der Waals surface area contributed by atoms with Gasteiger partial charge in [-0.05, 0) is 6.42 Å². The minimum absolute atomic E-state index is 0.0413. The first-order valence-corrected chi connectivity index (χ1v) is 6.35. The predicted molar refractivity (Wildman–Crippen MR) is 69.2 cm³/mol. The zero-order valence-electron chi connectivity index (χ0n) is 11.5. The molecule has 0 amide bonds. The van der Waals surface area contributed by atoms with Crippen molar-refractivity contribution in [1.82, 2.24) is 0 Å². The van der Waals surface area contributed by atoms with Crippen LogP contribution in [0.4, 0.5) is 0 Å². The Kier molecular flexibility index (Phi) is 21.2. The van der Waals surface area contributed by atoms with E-state index in [0.717, 1.165) is 6.42 Å². The van der Waals surface area contributed by atoms with Crippen molar-refractivity contribution in [2.45, 2.75) is 19.8 Å². The molecule has 0 bridgehead atoms. The molecule has 0 aliphatic rings. The smallest absolute Gasteiger partial charge is 0.303 e. The average molecular weight is 282 g/mol. The minimum atomic E-state index is -0.711. The fourth-order valence-corrected chi connectivity index (χ4v) is 0.885. The Morgan fingerprint density at radius 2 is 1.21 bits per heavy atom. The van der Waals surface area contributed by atoms with E-state index in [2.05, 4.69) is 0 Å². The van der Waals surface area contributed by atoms with Gasteiger partial charge in [0.25, 0.3) is 0 Å². The van der Waals surface area contributed by atoms with Crippen LogP contribution in [0.15, 0.2) is 0 Å².